The molecule has 3 heteroatoms. The second-order valence-corrected chi connectivity index (χ2v) is 5.18. The number of fused-ring (bicyclic) bond motifs is 1. The molecule has 0 atom stereocenters. The molecule has 102 valence electrons. The van der Waals surface area contributed by atoms with Gasteiger partial charge in [-0.25, -0.2) is 4.98 Å². The molecule has 2 N–H and O–H groups in total. The predicted octanol–water partition coefficient (Wildman–Crippen LogP) is 3.15. The van der Waals surface area contributed by atoms with Crippen LogP contribution >= 0.6 is 0 Å². The first-order chi connectivity index (χ1) is 9.74. The fourth-order valence-corrected chi connectivity index (χ4v) is 2.46. The molecule has 0 fully saturated rings. The number of nitrogens with zero attached hydrogens (tertiary/aromatic N) is 1. The molecule has 3 rings (SSSR count). The number of hydrogen-bond donors (Lipinski definition) is 2. The van der Waals surface area contributed by atoms with Gasteiger partial charge in [-0.15, -0.1) is 0 Å². The largest absolute Gasteiger partial charge is 0.392 e. The third-order valence-electron chi connectivity index (χ3n) is 3.51. The number of imidazole rings is 1. The van der Waals surface area contributed by atoms with Crippen molar-refractivity contribution in [1.82, 2.24) is 9.97 Å². The van der Waals surface area contributed by atoms with E-state index < -0.39 is 0 Å². The number of H-pyrrole nitrogens is 1. The Hall–Kier alpha value is -2.13. The smallest absolute Gasteiger partial charge is 0.107 e. The third-order valence-corrected chi connectivity index (χ3v) is 3.51. The Labute approximate surface area is 118 Å². The molecule has 3 nitrogen and oxygen atoms in total. The molecule has 0 saturated heterocycles. The van der Waals surface area contributed by atoms with Crippen LogP contribution in [0.2, 0.25) is 0 Å². The van der Waals surface area contributed by atoms with E-state index in [1.54, 1.807) is 0 Å². The molecule has 0 bridgehead atoms. The summed E-state index contributed by atoms with van der Waals surface area (Å²) in [4.78, 5) is 7.92. The second-order valence-electron chi connectivity index (χ2n) is 5.18. The first kappa shape index (κ1) is 12.9. The fraction of sp³-hybridized carbons (Fsp3) is 0.235. The maximum Gasteiger partial charge on any atom is 0.107 e. The minimum absolute atomic E-state index is 0.0631. The number of benzene rings is 2. The van der Waals surface area contributed by atoms with Crippen LogP contribution in [0.4, 0.5) is 0 Å². The van der Waals surface area contributed by atoms with Gasteiger partial charge >= 0.3 is 0 Å². The van der Waals surface area contributed by atoms with Gasteiger partial charge in [0.05, 0.1) is 17.6 Å². The Kier molecular flexibility index (Phi) is 3.52. The molecule has 0 radical (unpaired) electrons. The number of rotatable bonds is 4. The highest BCUT2D eigenvalue weighted by Gasteiger charge is 2.04. The normalized spacial score (nSPS) is 11.1. The van der Waals surface area contributed by atoms with E-state index in [2.05, 4.69) is 41.2 Å². The summed E-state index contributed by atoms with van der Waals surface area (Å²) in [5.74, 6) is 0.997. The van der Waals surface area contributed by atoms with Gasteiger partial charge in [0.2, 0.25) is 0 Å². The number of aliphatic hydroxyl groups is 1. The zero-order valence-electron chi connectivity index (χ0n) is 11.6. The lowest BCUT2D eigenvalue weighted by molar-refractivity contribution is 0.282. The average molecular weight is 266 g/mol. The van der Waals surface area contributed by atoms with E-state index in [-0.39, 0.29) is 6.61 Å². The number of aliphatic hydroxyl groups excluding tert-OH is 1. The minimum atomic E-state index is 0.0631. The first-order valence-electron chi connectivity index (χ1n) is 6.88. The quantitative estimate of drug-likeness (QED) is 0.762. The molecule has 0 amide bonds. The van der Waals surface area contributed by atoms with Crippen molar-refractivity contribution < 1.29 is 5.11 Å². The van der Waals surface area contributed by atoms with Crippen molar-refractivity contribution in [2.75, 3.05) is 0 Å². The molecule has 0 aliphatic carbocycles. The average Bonchev–Trinajstić information content (AvgIpc) is 2.87. The second kappa shape index (κ2) is 5.47. The summed E-state index contributed by atoms with van der Waals surface area (Å²) in [6.45, 7) is 2.18. The van der Waals surface area contributed by atoms with Gasteiger partial charge in [0.25, 0.3) is 0 Å². The summed E-state index contributed by atoms with van der Waals surface area (Å²) in [6.07, 6.45) is 1.88. The molecule has 1 aromatic heterocycles. The van der Waals surface area contributed by atoms with Crippen molar-refractivity contribution in [1.29, 1.82) is 0 Å². The minimum Gasteiger partial charge on any atom is -0.392 e. The van der Waals surface area contributed by atoms with E-state index in [9.17, 15) is 0 Å². The third kappa shape index (κ3) is 2.73. The zero-order valence-corrected chi connectivity index (χ0v) is 11.6. The molecule has 0 unspecified atom stereocenters. The maximum absolute atomic E-state index is 9.15. The van der Waals surface area contributed by atoms with Crippen LogP contribution in [0.25, 0.3) is 11.0 Å². The molecule has 1 heterocycles. The number of aryl methyl sites for hydroxylation is 3. The monoisotopic (exact) mass is 266 g/mol. The number of aromatic nitrogens is 2. The Morgan fingerprint density at radius 2 is 1.95 bits per heavy atom. The molecular weight excluding hydrogens is 248 g/mol. The standard InChI is InChI=1S/C17H18N2O/c1-12-3-2-4-13(9-12)6-8-17-18-15-7-5-14(11-20)10-16(15)19-17/h2-5,7,9-10,20H,6,8,11H2,1H3,(H,18,19). The predicted molar refractivity (Wildman–Crippen MR) is 80.6 cm³/mol. The summed E-state index contributed by atoms with van der Waals surface area (Å²) in [6, 6.07) is 14.4. The summed E-state index contributed by atoms with van der Waals surface area (Å²) in [5, 5.41) is 9.15. The van der Waals surface area contributed by atoms with E-state index in [1.807, 2.05) is 18.2 Å². The number of nitrogens with one attached hydrogen (secondary N) is 1. The van der Waals surface area contributed by atoms with Crippen molar-refractivity contribution in [3.05, 3.63) is 65.0 Å². The zero-order chi connectivity index (χ0) is 13.9. The topological polar surface area (TPSA) is 48.9 Å². The lowest BCUT2D eigenvalue weighted by Gasteiger charge is -2.00. The summed E-state index contributed by atoms with van der Waals surface area (Å²) in [5.41, 5.74) is 5.49. The van der Waals surface area contributed by atoms with Gasteiger partial charge in [-0.2, -0.15) is 0 Å². The Morgan fingerprint density at radius 1 is 1.05 bits per heavy atom. The van der Waals surface area contributed by atoms with Crippen LogP contribution in [-0.4, -0.2) is 15.1 Å². The van der Waals surface area contributed by atoms with Crippen molar-refractivity contribution in [3.63, 3.8) is 0 Å². The highest BCUT2D eigenvalue weighted by Crippen LogP contribution is 2.15. The Bertz CT molecular complexity index is 731. The van der Waals surface area contributed by atoms with Crippen LogP contribution < -0.4 is 0 Å². The molecule has 0 aliphatic rings. The van der Waals surface area contributed by atoms with Crippen LogP contribution in [0.3, 0.4) is 0 Å². The van der Waals surface area contributed by atoms with Crippen LogP contribution in [0, 0.1) is 6.92 Å². The van der Waals surface area contributed by atoms with E-state index in [0.717, 1.165) is 35.3 Å². The Morgan fingerprint density at radius 3 is 2.75 bits per heavy atom. The van der Waals surface area contributed by atoms with Crippen molar-refractivity contribution in [2.24, 2.45) is 0 Å². The maximum atomic E-state index is 9.15. The van der Waals surface area contributed by atoms with Crippen molar-refractivity contribution >= 4 is 11.0 Å². The van der Waals surface area contributed by atoms with Gasteiger partial charge in [0.15, 0.2) is 0 Å². The fourth-order valence-electron chi connectivity index (χ4n) is 2.46. The molecule has 3 aromatic rings. The lowest BCUT2D eigenvalue weighted by Crippen LogP contribution is -1.93. The van der Waals surface area contributed by atoms with Crippen LogP contribution in [-0.2, 0) is 19.4 Å². The van der Waals surface area contributed by atoms with Gasteiger partial charge < -0.3 is 10.1 Å². The van der Waals surface area contributed by atoms with Crippen LogP contribution in [0.5, 0.6) is 0 Å². The molecule has 2 aromatic carbocycles. The molecule has 0 aliphatic heterocycles. The molecular formula is C17H18N2O. The van der Waals surface area contributed by atoms with Crippen LogP contribution in [0.15, 0.2) is 42.5 Å². The van der Waals surface area contributed by atoms with Gasteiger partial charge in [0.1, 0.15) is 5.82 Å². The van der Waals surface area contributed by atoms with Gasteiger partial charge in [0, 0.05) is 6.42 Å². The van der Waals surface area contributed by atoms with E-state index >= 15 is 0 Å². The first-order valence-corrected chi connectivity index (χ1v) is 6.88. The van der Waals surface area contributed by atoms with Crippen molar-refractivity contribution in [3.8, 4) is 0 Å². The molecule has 0 spiro atoms. The van der Waals surface area contributed by atoms with Gasteiger partial charge in [-0.3, -0.25) is 0 Å². The van der Waals surface area contributed by atoms with E-state index in [4.69, 9.17) is 5.11 Å². The summed E-state index contributed by atoms with van der Waals surface area (Å²) in [7, 11) is 0. The highest BCUT2D eigenvalue weighted by molar-refractivity contribution is 5.75. The van der Waals surface area contributed by atoms with Crippen LogP contribution in [0.1, 0.15) is 22.5 Å². The molecule has 20 heavy (non-hydrogen) atoms. The SMILES string of the molecule is Cc1cccc(CCc2nc3ccc(CO)cc3[nH]2)c1. The Balaban J connectivity index is 1.77. The summed E-state index contributed by atoms with van der Waals surface area (Å²) < 4.78 is 0. The van der Waals surface area contributed by atoms with E-state index in [0.29, 0.717) is 0 Å². The highest BCUT2D eigenvalue weighted by atomic mass is 16.3. The lowest BCUT2D eigenvalue weighted by atomic mass is 10.1. The summed E-state index contributed by atoms with van der Waals surface area (Å²) >= 11 is 0. The molecule has 0 saturated carbocycles. The van der Waals surface area contributed by atoms with Crippen molar-refractivity contribution in [2.45, 2.75) is 26.4 Å². The van der Waals surface area contributed by atoms with Gasteiger partial charge in [-0.05, 0) is 36.6 Å². The number of aromatic amines is 1. The van der Waals surface area contributed by atoms with Gasteiger partial charge in [-0.1, -0.05) is 35.9 Å². The number of hydrogen-bond acceptors (Lipinski definition) is 2. The van der Waals surface area contributed by atoms with E-state index in [1.165, 1.54) is 11.1 Å².